The summed E-state index contributed by atoms with van der Waals surface area (Å²) in [5, 5.41) is 10.2. The van der Waals surface area contributed by atoms with Crippen LogP contribution >= 0.6 is 11.3 Å². The fourth-order valence-corrected chi connectivity index (χ4v) is 1.42. The summed E-state index contributed by atoms with van der Waals surface area (Å²) in [5.74, 6) is -0.0356. The van der Waals surface area contributed by atoms with Crippen LogP contribution in [0.1, 0.15) is 22.2 Å². The third-order valence-electron chi connectivity index (χ3n) is 1.11. The van der Waals surface area contributed by atoms with Gasteiger partial charge in [-0.15, -0.1) is 11.3 Å². The van der Waals surface area contributed by atoms with Gasteiger partial charge in [-0.3, -0.25) is 4.79 Å². The monoisotopic (exact) mass is 151 g/mol. The molecule has 50 valence electrons. The number of carbonyl (C=O) groups excluding carboxylic acids is 1. The third kappa shape index (κ3) is 1.07. The summed E-state index contributed by atoms with van der Waals surface area (Å²) >= 11 is 1.31. The molecule has 1 aromatic rings. The van der Waals surface area contributed by atoms with Gasteiger partial charge in [0.1, 0.15) is 6.07 Å². The van der Waals surface area contributed by atoms with Gasteiger partial charge < -0.3 is 0 Å². The maximum Gasteiger partial charge on any atom is 0.171 e. The predicted molar refractivity (Wildman–Crippen MR) is 39.0 cm³/mol. The van der Waals surface area contributed by atoms with Crippen LogP contribution in [0.2, 0.25) is 0 Å². The molecule has 2 nitrogen and oxygen atoms in total. The van der Waals surface area contributed by atoms with Gasteiger partial charge >= 0.3 is 0 Å². The molecule has 0 aliphatic heterocycles. The fraction of sp³-hybridized carbons (Fsp3) is 0.143. The van der Waals surface area contributed by atoms with E-state index in [4.69, 9.17) is 5.26 Å². The molecule has 0 amide bonds. The molecule has 0 radical (unpaired) electrons. The molecule has 0 bridgehead atoms. The molecule has 0 N–H and O–H groups in total. The van der Waals surface area contributed by atoms with Crippen LogP contribution in [0.15, 0.2) is 11.4 Å². The number of hydrogen-bond donors (Lipinski definition) is 0. The number of nitrogens with zero attached hydrogens (tertiary/aromatic N) is 1. The lowest BCUT2D eigenvalue weighted by atomic mass is 10.2. The van der Waals surface area contributed by atoms with E-state index in [-0.39, 0.29) is 5.78 Å². The fourth-order valence-electron chi connectivity index (χ4n) is 0.670. The van der Waals surface area contributed by atoms with Crippen molar-refractivity contribution >= 4 is 17.1 Å². The van der Waals surface area contributed by atoms with E-state index in [0.29, 0.717) is 10.4 Å². The molecule has 0 spiro atoms. The van der Waals surface area contributed by atoms with E-state index >= 15 is 0 Å². The molecule has 0 atom stereocenters. The van der Waals surface area contributed by atoms with Gasteiger partial charge in [-0.2, -0.15) is 5.26 Å². The van der Waals surface area contributed by atoms with Gasteiger partial charge in [0.15, 0.2) is 5.78 Å². The molecule has 0 saturated carbocycles. The molecule has 0 aliphatic carbocycles. The highest BCUT2D eigenvalue weighted by Crippen LogP contribution is 2.15. The smallest absolute Gasteiger partial charge is 0.171 e. The number of Topliss-reactive ketones (excluding diaryl/α,β-unsaturated/α-hetero) is 1. The van der Waals surface area contributed by atoms with Crippen molar-refractivity contribution in [3.63, 3.8) is 0 Å². The first-order valence-electron chi connectivity index (χ1n) is 2.74. The van der Waals surface area contributed by atoms with Crippen LogP contribution in [0.25, 0.3) is 0 Å². The van der Waals surface area contributed by atoms with Gasteiger partial charge in [0.05, 0.1) is 10.4 Å². The Balaban J connectivity index is 3.17. The second kappa shape index (κ2) is 2.63. The molecule has 0 fully saturated rings. The number of ketones is 1. The Morgan fingerprint density at radius 3 is 2.90 bits per heavy atom. The lowest BCUT2D eigenvalue weighted by Crippen LogP contribution is -1.88. The van der Waals surface area contributed by atoms with Crippen LogP contribution in [0.4, 0.5) is 0 Å². The zero-order valence-electron chi connectivity index (χ0n) is 5.42. The molecule has 3 heteroatoms. The van der Waals surface area contributed by atoms with Gasteiger partial charge in [-0.25, -0.2) is 0 Å². The van der Waals surface area contributed by atoms with E-state index in [2.05, 4.69) is 0 Å². The van der Waals surface area contributed by atoms with Crippen LogP contribution in [0.5, 0.6) is 0 Å². The van der Waals surface area contributed by atoms with Gasteiger partial charge in [0.25, 0.3) is 0 Å². The molecule has 10 heavy (non-hydrogen) atoms. The van der Waals surface area contributed by atoms with E-state index in [1.807, 2.05) is 6.07 Å². The van der Waals surface area contributed by atoms with Crippen molar-refractivity contribution in [1.29, 1.82) is 5.26 Å². The maximum atomic E-state index is 10.7. The average molecular weight is 151 g/mol. The first-order chi connectivity index (χ1) is 4.75. The molecule has 0 aliphatic rings. The highest BCUT2D eigenvalue weighted by Gasteiger charge is 2.06. The molecule has 1 heterocycles. The summed E-state index contributed by atoms with van der Waals surface area (Å²) in [6.45, 7) is 1.46. The van der Waals surface area contributed by atoms with Crippen LogP contribution < -0.4 is 0 Å². The summed E-state index contributed by atoms with van der Waals surface area (Å²) in [4.78, 5) is 11.3. The van der Waals surface area contributed by atoms with Crippen LogP contribution in [0, 0.1) is 11.3 Å². The Bertz CT molecular complexity index is 295. The minimum absolute atomic E-state index is 0.0356. The van der Waals surface area contributed by atoms with E-state index in [0.717, 1.165) is 0 Å². The van der Waals surface area contributed by atoms with Crippen LogP contribution in [0.3, 0.4) is 0 Å². The van der Waals surface area contributed by atoms with Gasteiger partial charge in [0.2, 0.25) is 0 Å². The molecule has 0 unspecified atom stereocenters. The second-order valence-electron chi connectivity index (χ2n) is 1.83. The summed E-state index contributed by atoms with van der Waals surface area (Å²) in [5.41, 5.74) is 0.484. The lowest BCUT2D eigenvalue weighted by molar-refractivity contribution is 0.102. The Hall–Kier alpha value is -1.14. The molecule has 0 aromatic carbocycles. The summed E-state index contributed by atoms with van der Waals surface area (Å²) in [6, 6.07) is 3.60. The highest BCUT2D eigenvalue weighted by molar-refractivity contribution is 7.12. The highest BCUT2D eigenvalue weighted by atomic mass is 32.1. The van der Waals surface area contributed by atoms with E-state index in [1.54, 1.807) is 11.4 Å². The van der Waals surface area contributed by atoms with Crippen LogP contribution in [-0.2, 0) is 0 Å². The number of carbonyl (C=O) groups is 1. The first kappa shape index (κ1) is 6.97. The number of rotatable bonds is 1. The topological polar surface area (TPSA) is 40.9 Å². The zero-order valence-corrected chi connectivity index (χ0v) is 6.23. The molecule has 1 rings (SSSR count). The van der Waals surface area contributed by atoms with Crippen molar-refractivity contribution in [3.05, 3.63) is 21.9 Å². The summed E-state index contributed by atoms with van der Waals surface area (Å²) < 4.78 is 0. The Morgan fingerprint density at radius 2 is 2.50 bits per heavy atom. The van der Waals surface area contributed by atoms with Crippen molar-refractivity contribution in [1.82, 2.24) is 0 Å². The Morgan fingerprint density at radius 1 is 1.80 bits per heavy atom. The van der Waals surface area contributed by atoms with Gasteiger partial charge in [-0.1, -0.05) is 0 Å². The normalized spacial score (nSPS) is 8.80. The average Bonchev–Trinajstić information content (AvgIpc) is 2.33. The predicted octanol–water partition coefficient (Wildman–Crippen LogP) is 1.82. The molecular formula is C7H5NOS. The van der Waals surface area contributed by atoms with Gasteiger partial charge in [0, 0.05) is 0 Å². The number of thiophene rings is 1. The second-order valence-corrected chi connectivity index (χ2v) is 2.75. The molecular weight excluding hydrogens is 146 g/mol. The van der Waals surface area contributed by atoms with Gasteiger partial charge in [-0.05, 0) is 18.4 Å². The van der Waals surface area contributed by atoms with Crippen molar-refractivity contribution in [3.8, 4) is 6.07 Å². The zero-order chi connectivity index (χ0) is 7.56. The van der Waals surface area contributed by atoms with E-state index < -0.39 is 0 Å². The standard InChI is InChI=1S/C7H5NOS/c1-5(9)7-6(4-8)2-3-10-7/h2-3H,1H3. The summed E-state index contributed by atoms with van der Waals surface area (Å²) in [7, 11) is 0. The minimum atomic E-state index is -0.0356. The van der Waals surface area contributed by atoms with Crippen molar-refractivity contribution in [2.45, 2.75) is 6.92 Å². The number of hydrogen-bond acceptors (Lipinski definition) is 3. The van der Waals surface area contributed by atoms with E-state index in [9.17, 15) is 4.79 Å². The largest absolute Gasteiger partial charge is 0.294 e. The minimum Gasteiger partial charge on any atom is -0.294 e. The van der Waals surface area contributed by atoms with Crippen molar-refractivity contribution < 1.29 is 4.79 Å². The third-order valence-corrected chi connectivity index (χ3v) is 2.12. The Labute approximate surface area is 62.7 Å². The van der Waals surface area contributed by atoms with Crippen molar-refractivity contribution in [2.24, 2.45) is 0 Å². The van der Waals surface area contributed by atoms with Crippen molar-refractivity contribution in [2.75, 3.05) is 0 Å². The maximum absolute atomic E-state index is 10.7. The molecule has 1 aromatic heterocycles. The van der Waals surface area contributed by atoms with Crippen LogP contribution in [-0.4, -0.2) is 5.78 Å². The number of nitriles is 1. The first-order valence-corrected chi connectivity index (χ1v) is 3.62. The molecule has 0 saturated heterocycles. The summed E-state index contributed by atoms with van der Waals surface area (Å²) in [6.07, 6.45) is 0. The quantitative estimate of drug-likeness (QED) is 0.574. The van der Waals surface area contributed by atoms with E-state index in [1.165, 1.54) is 18.3 Å². The Kier molecular flexibility index (Phi) is 1.83. The lowest BCUT2D eigenvalue weighted by Gasteiger charge is -1.85. The SMILES string of the molecule is CC(=O)c1sccc1C#N.